The molecule has 3 heteroatoms. The topological polar surface area (TPSA) is 23.5 Å². The van der Waals surface area contributed by atoms with Gasteiger partial charge < -0.3 is 5.11 Å². The predicted molar refractivity (Wildman–Crippen MR) is 73.4 cm³/mol. The largest absolute Gasteiger partial charge is 0.386 e. The molecule has 2 heterocycles. The minimum atomic E-state index is -0.383. The highest BCUT2D eigenvalue weighted by atomic mass is 32.1. The first-order valence-corrected chi connectivity index (χ1v) is 7.52. The second kappa shape index (κ2) is 5.51. The molecule has 0 radical (unpaired) electrons. The zero-order valence-corrected chi connectivity index (χ0v) is 11.7. The predicted octanol–water partition coefficient (Wildman–Crippen LogP) is 3.44. The molecule has 0 amide bonds. The van der Waals surface area contributed by atoms with Crippen LogP contribution < -0.4 is 0 Å². The minimum absolute atomic E-state index is 0.161. The molecule has 1 saturated heterocycles. The minimum Gasteiger partial charge on any atom is -0.386 e. The third-order valence-electron chi connectivity index (χ3n) is 3.95. The second-order valence-electron chi connectivity index (χ2n) is 5.51. The maximum absolute atomic E-state index is 10.5. The van der Waals surface area contributed by atoms with Crippen molar-refractivity contribution in [3.05, 3.63) is 22.4 Å². The first kappa shape index (κ1) is 13.1. The van der Waals surface area contributed by atoms with E-state index in [-0.39, 0.29) is 11.6 Å². The lowest BCUT2D eigenvalue weighted by Gasteiger charge is -2.41. The van der Waals surface area contributed by atoms with Crippen LogP contribution in [0.5, 0.6) is 0 Å². The van der Waals surface area contributed by atoms with Gasteiger partial charge in [-0.1, -0.05) is 12.8 Å². The van der Waals surface area contributed by atoms with E-state index in [1.807, 2.05) is 11.4 Å². The zero-order valence-electron chi connectivity index (χ0n) is 10.9. The van der Waals surface area contributed by atoms with E-state index in [4.69, 9.17) is 0 Å². The summed E-state index contributed by atoms with van der Waals surface area (Å²) >= 11 is 1.66. The molecule has 0 spiro atoms. The average molecular weight is 253 g/mol. The van der Waals surface area contributed by atoms with Crippen LogP contribution in [0, 0.1) is 0 Å². The van der Waals surface area contributed by atoms with Gasteiger partial charge in [-0.15, -0.1) is 0 Å². The van der Waals surface area contributed by atoms with Gasteiger partial charge in [0.15, 0.2) is 0 Å². The summed E-state index contributed by atoms with van der Waals surface area (Å²) in [7, 11) is 0. The number of nitrogens with zero attached hydrogens (tertiary/aromatic N) is 1. The van der Waals surface area contributed by atoms with E-state index in [0.29, 0.717) is 0 Å². The lowest BCUT2D eigenvalue weighted by molar-refractivity contribution is -0.00978. The van der Waals surface area contributed by atoms with Gasteiger partial charge in [0, 0.05) is 5.54 Å². The van der Waals surface area contributed by atoms with Crippen molar-refractivity contribution in [1.82, 2.24) is 4.90 Å². The monoisotopic (exact) mass is 253 g/mol. The fourth-order valence-corrected chi connectivity index (χ4v) is 3.34. The van der Waals surface area contributed by atoms with Crippen molar-refractivity contribution in [2.45, 2.75) is 51.2 Å². The van der Waals surface area contributed by atoms with Crippen LogP contribution in [0.25, 0.3) is 0 Å². The number of thiophene rings is 1. The van der Waals surface area contributed by atoms with Crippen molar-refractivity contribution in [2.24, 2.45) is 0 Å². The molecule has 1 unspecified atom stereocenters. The highest BCUT2D eigenvalue weighted by Gasteiger charge is 2.35. The lowest BCUT2D eigenvalue weighted by atomic mass is 9.90. The van der Waals surface area contributed by atoms with E-state index in [0.717, 1.165) is 18.7 Å². The van der Waals surface area contributed by atoms with Crippen LogP contribution in [0.15, 0.2) is 16.8 Å². The van der Waals surface area contributed by atoms with Crippen molar-refractivity contribution < 1.29 is 5.11 Å². The lowest BCUT2D eigenvalue weighted by Crippen LogP contribution is -2.48. The molecule has 1 N–H and O–H groups in total. The van der Waals surface area contributed by atoms with Gasteiger partial charge in [0.1, 0.15) is 0 Å². The van der Waals surface area contributed by atoms with Crippen molar-refractivity contribution >= 4 is 11.3 Å². The van der Waals surface area contributed by atoms with Crippen LogP contribution in [0.2, 0.25) is 0 Å². The Hall–Kier alpha value is -0.380. The number of rotatable bonds is 3. The quantitative estimate of drug-likeness (QED) is 0.892. The molecule has 1 atom stereocenters. The second-order valence-corrected chi connectivity index (χ2v) is 6.29. The summed E-state index contributed by atoms with van der Waals surface area (Å²) in [6, 6.07) is 2.04. The molecule has 1 aromatic heterocycles. The first-order chi connectivity index (χ1) is 8.12. The molecular weight excluding hydrogens is 230 g/mol. The molecule has 1 aromatic rings. The van der Waals surface area contributed by atoms with Crippen LogP contribution in [-0.4, -0.2) is 28.6 Å². The van der Waals surface area contributed by atoms with Crippen molar-refractivity contribution in [3.63, 3.8) is 0 Å². The molecule has 0 aromatic carbocycles. The van der Waals surface area contributed by atoms with Crippen molar-refractivity contribution in [3.8, 4) is 0 Å². The molecule has 0 bridgehead atoms. The van der Waals surface area contributed by atoms with Crippen molar-refractivity contribution in [1.29, 1.82) is 0 Å². The molecular formula is C14H23NOS. The molecule has 96 valence electrons. The third kappa shape index (κ3) is 2.90. The molecule has 0 saturated carbocycles. The molecule has 1 fully saturated rings. The molecule has 1 aliphatic rings. The number of aliphatic hydroxyl groups is 1. The van der Waals surface area contributed by atoms with Crippen LogP contribution >= 0.6 is 11.3 Å². The van der Waals surface area contributed by atoms with Gasteiger partial charge in [-0.25, -0.2) is 0 Å². The molecule has 2 rings (SSSR count). The maximum atomic E-state index is 10.5. The summed E-state index contributed by atoms with van der Waals surface area (Å²) < 4.78 is 0. The Morgan fingerprint density at radius 2 is 1.88 bits per heavy atom. The van der Waals surface area contributed by atoms with E-state index < -0.39 is 0 Å². The number of hydrogen-bond donors (Lipinski definition) is 1. The highest BCUT2D eigenvalue weighted by Crippen LogP contribution is 2.33. The van der Waals surface area contributed by atoms with Gasteiger partial charge in [-0.2, -0.15) is 11.3 Å². The van der Waals surface area contributed by atoms with Crippen LogP contribution in [0.1, 0.15) is 51.2 Å². The normalized spacial score (nSPS) is 21.1. The van der Waals surface area contributed by atoms with E-state index in [1.54, 1.807) is 11.3 Å². The third-order valence-corrected chi connectivity index (χ3v) is 4.65. The van der Waals surface area contributed by atoms with E-state index in [2.05, 4.69) is 24.1 Å². The highest BCUT2D eigenvalue weighted by molar-refractivity contribution is 7.07. The Bertz CT molecular complexity index is 326. The SMILES string of the molecule is CC(C)(C(O)c1ccsc1)N1CCCCCC1. The van der Waals surface area contributed by atoms with Gasteiger partial charge >= 0.3 is 0 Å². The standard InChI is InChI=1S/C14H23NOS/c1-14(2,13(16)12-7-10-17-11-12)15-8-5-3-4-6-9-15/h7,10-11,13,16H,3-6,8-9H2,1-2H3. The number of likely N-dealkylation sites (tertiary alicyclic amines) is 1. The van der Waals surface area contributed by atoms with Crippen LogP contribution in [0.3, 0.4) is 0 Å². The Morgan fingerprint density at radius 1 is 1.24 bits per heavy atom. The average Bonchev–Trinajstić information content (AvgIpc) is 2.69. The van der Waals surface area contributed by atoms with E-state index in [9.17, 15) is 5.11 Å². The Labute approximate surface area is 108 Å². The van der Waals surface area contributed by atoms with Gasteiger partial charge in [-0.05, 0) is 62.2 Å². The number of aliphatic hydroxyl groups excluding tert-OH is 1. The summed E-state index contributed by atoms with van der Waals surface area (Å²) in [5.41, 5.74) is 0.898. The summed E-state index contributed by atoms with van der Waals surface area (Å²) in [4.78, 5) is 2.46. The van der Waals surface area contributed by atoms with Gasteiger partial charge in [0.2, 0.25) is 0 Å². The van der Waals surface area contributed by atoms with Crippen molar-refractivity contribution in [2.75, 3.05) is 13.1 Å². The summed E-state index contributed by atoms with van der Waals surface area (Å²) in [6.07, 6.45) is 4.81. The summed E-state index contributed by atoms with van der Waals surface area (Å²) in [5, 5.41) is 14.6. The van der Waals surface area contributed by atoms with E-state index in [1.165, 1.54) is 25.7 Å². The van der Waals surface area contributed by atoms with Gasteiger partial charge in [-0.3, -0.25) is 4.90 Å². The van der Waals surface area contributed by atoms with E-state index >= 15 is 0 Å². The van der Waals surface area contributed by atoms with Crippen LogP contribution in [0.4, 0.5) is 0 Å². The molecule has 2 nitrogen and oxygen atoms in total. The fraction of sp³-hybridized carbons (Fsp3) is 0.714. The molecule has 0 aliphatic carbocycles. The maximum Gasteiger partial charge on any atom is 0.0976 e. The Morgan fingerprint density at radius 3 is 2.41 bits per heavy atom. The molecule has 17 heavy (non-hydrogen) atoms. The number of hydrogen-bond acceptors (Lipinski definition) is 3. The fourth-order valence-electron chi connectivity index (χ4n) is 2.66. The zero-order chi connectivity index (χ0) is 12.3. The Balaban J connectivity index is 2.10. The van der Waals surface area contributed by atoms with Gasteiger partial charge in [0.05, 0.1) is 6.10 Å². The summed E-state index contributed by atoms with van der Waals surface area (Å²) in [6.45, 7) is 6.57. The molecule has 1 aliphatic heterocycles. The van der Waals surface area contributed by atoms with Crippen LogP contribution in [-0.2, 0) is 0 Å². The first-order valence-electron chi connectivity index (χ1n) is 6.57. The Kier molecular flexibility index (Phi) is 4.23. The smallest absolute Gasteiger partial charge is 0.0976 e. The summed E-state index contributed by atoms with van der Waals surface area (Å²) in [5.74, 6) is 0. The van der Waals surface area contributed by atoms with Gasteiger partial charge in [0.25, 0.3) is 0 Å².